The SMILES string of the molecule is CCNc1nc(Cl)nc(NC2CCOC2)n1. The summed E-state index contributed by atoms with van der Waals surface area (Å²) >= 11 is 5.80. The van der Waals surface area contributed by atoms with Crippen molar-refractivity contribution in [1.82, 2.24) is 15.0 Å². The average Bonchev–Trinajstić information content (AvgIpc) is 2.70. The molecule has 0 saturated carbocycles. The Balaban J connectivity index is 2.06. The first-order chi connectivity index (χ1) is 7.78. The fourth-order valence-corrected chi connectivity index (χ4v) is 1.64. The van der Waals surface area contributed by atoms with Crippen molar-refractivity contribution in [2.24, 2.45) is 0 Å². The molecule has 0 amide bonds. The van der Waals surface area contributed by atoms with Gasteiger partial charge in [0.05, 0.1) is 12.6 Å². The molecule has 1 fully saturated rings. The largest absolute Gasteiger partial charge is 0.379 e. The van der Waals surface area contributed by atoms with Crippen LogP contribution in [0.1, 0.15) is 13.3 Å². The van der Waals surface area contributed by atoms with E-state index in [1.54, 1.807) is 0 Å². The molecule has 0 spiro atoms. The molecule has 0 aromatic carbocycles. The lowest BCUT2D eigenvalue weighted by Crippen LogP contribution is -2.21. The number of halogens is 1. The van der Waals surface area contributed by atoms with Gasteiger partial charge in [-0.1, -0.05) is 0 Å². The smallest absolute Gasteiger partial charge is 0.229 e. The number of aromatic nitrogens is 3. The van der Waals surface area contributed by atoms with E-state index in [4.69, 9.17) is 16.3 Å². The van der Waals surface area contributed by atoms with E-state index in [2.05, 4.69) is 25.6 Å². The molecule has 1 aromatic heterocycles. The Morgan fingerprint density at radius 2 is 2.19 bits per heavy atom. The number of anilines is 2. The normalized spacial score (nSPS) is 19.8. The van der Waals surface area contributed by atoms with Crippen LogP contribution < -0.4 is 10.6 Å². The maximum Gasteiger partial charge on any atom is 0.229 e. The zero-order chi connectivity index (χ0) is 11.4. The van der Waals surface area contributed by atoms with Gasteiger partial charge in [-0.3, -0.25) is 0 Å². The predicted molar refractivity (Wildman–Crippen MR) is 61.8 cm³/mol. The third-order valence-corrected chi connectivity index (χ3v) is 2.37. The van der Waals surface area contributed by atoms with Gasteiger partial charge in [-0.2, -0.15) is 15.0 Å². The number of hydrogen-bond acceptors (Lipinski definition) is 6. The second-order valence-electron chi connectivity index (χ2n) is 3.49. The number of nitrogens with zero attached hydrogens (tertiary/aromatic N) is 3. The summed E-state index contributed by atoms with van der Waals surface area (Å²) in [5.41, 5.74) is 0. The predicted octanol–water partition coefficient (Wildman–Crippen LogP) is 1.16. The summed E-state index contributed by atoms with van der Waals surface area (Å²) in [6, 6.07) is 0.257. The lowest BCUT2D eigenvalue weighted by atomic mass is 10.3. The summed E-state index contributed by atoms with van der Waals surface area (Å²) in [6.45, 7) is 4.16. The molecule has 1 saturated heterocycles. The minimum Gasteiger partial charge on any atom is -0.379 e. The summed E-state index contributed by atoms with van der Waals surface area (Å²) in [6.07, 6.45) is 0.958. The number of hydrogen-bond donors (Lipinski definition) is 2. The van der Waals surface area contributed by atoms with Crippen molar-refractivity contribution in [3.8, 4) is 0 Å². The van der Waals surface area contributed by atoms with Crippen molar-refractivity contribution < 1.29 is 4.74 Å². The molecule has 2 N–H and O–H groups in total. The zero-order valence-corrected chi connectivity index (χ0v) is 9.79. The van der Waals surface area contributed by atoms with Crippen molar-refractivity contribution >= 4 is 23.5 Å². The minimum atomic E-state index is 0.187. The molecular weight excluding hydrogens is 230 g/mol. The quantitative estimate of drug-likeness (QED) is 0.827. The van der Waals surface area contributed by atoms with Crippen LogP contribution in [0.4, 0.5) is 11.9 Å². The average molecular weight is 244 g/mol. The van der Waals surface area contributed by atoms with Crippen LogP contribution in [0.25, 0.3) is 0 Å². The van der Waals surface area contributed by atoms with Crippen molar-refractivity contribution in [3.05, 3.63) is 5.28 Å². The molecule has 1 unspecified atom stereocenters. The van der Waals surface area contributed by atoms with E-state index in [9.17, 15) is 0 Å². The van der Waals surface area contributed by atoms with E-state index in [0.717, 1.165) is 19.6 Å². The summed E-state index contributed by atoms with van der Waals surface area (Å²) in [5.74, 6) is 0.982. The van der Waals surface area contributed by atoms with Gasteiger partial charge in [0.1, 0.15) is 0 Å². The Hall–Kier alpha value is -1.14. The molecule has 1 aromatic rings. The molecule has 1 atom stereocenters. The molecule has 7 heteroatoms. The van der Waals surface area contributed by atoms with Crippen LogP contribution >= 0.6 is 11.6 Å². The Morgan fingerprint density at radius 1 is 1.38 bits per heavy atom. The highest BCUT2D eigenvalue weighted by atomic mass is 35.5. The maximum atomic E-state index is 5.80. The number of ether oxygens (including phenoxy) is 1. The van der Waals surface area contributed by atoms with Gasteiger partial charge in [-0.25, -0.2) is 0 Å². The van der Waals surface area contributed by atoms with Crippen LogP contribution in [-0.4, -0.2) is 40.8 Å². The third kappa shape index (κ3) is 2.93. The van der Waals surface area contributed by atoms with Gasteiger partial charge in [0.15, 0.2) is 0 Å². The summed E-state index contributed by atoms with van der Waals surface area (Å²) in [4.78, 5) is 12.2. The van der Waals surface area contributed by atoms with Crippen LogP contribution in [0.5, 0.6) is 0 Å². The standard InChI is InChI=1S/C9H14ClN5O/c1-2-11-8-13-7(10)14-9(15-8)12-6-3-4-16-5-6/h6H,2-5H2,1H3,(H2,11,12,13,14,15). The Kier molecular flexibility index (Phi) is 3.74. The Morgan fingerprint density at radius 3 is 2.88 bits per heavy atom. The molecule has 6 nitrogen and oxygen atoms in total. The molecule has 1 aliphatic rings. The van der Waals surface area contributed by atoms with Crippen LogP contribution in [0.3, 0.4) is 0 Å². The fraction of sp³-hybridized carbons (Fsp3) is 0.667. The molecule has 2 rings (SSSR count). The van der Waals surface area contributed by atoms with Gasteiger partial charge in [0.2, 0.25) is 17.2 Å². The van der Waals surface area contributed by atoms with E-state index in [1.807, 2.05) is 6.92 Å². The highest BCUT2D eigenvalue weighted by molar-refractivity contribution is 6.28. The Labute approximate surface area is 98.8 Å². The molecular formula is C9H14ClN5O. The number of rotatable bonds is 4. The zero-order valence-electron chi connectivity index (χ0n) is 9.03. The first kappa shape index (κ1) is 11.3. The molecule has 1 aliphatic heterocycles. The van der Waals surface area contributed by atoms with Gasteiger partial charge in [0, 0.05) is 13.2 Å². The van der Waals surface area contributed by atoms with Crippen molar-refractivity contribution in [2.45, 2.75) is 19.4 Å². The van der Waals surface area contributed by atoms with E-state index in [0.29, 0.717) is 18.5 Å². The molecule has 0 bridgehead atoms. The van der Waals surface area contributed by atoms with Gasteiger partial charge in [0.25, 0.3) is 0 Å². The minimum absolute atomic E-state index is 0.187. The van der Waals surface area contributed by atoms with Crippen molar-refractivity contribution in [1.29, 1.82) is 0 Å². The first-order valence-corrected chi connectivity index (χ1v) is 5.65. The molecule has 16 heavy (non-hydrogen) atoms. The maximum absolute atomic E-state index is 5.80. The van der Waals surface area contributed by atoms with Crippen molar-refractivity contribution in [3.63, 3.8) is 0 Å². The second-order valence-corrected chi connectivity index (χ2v) is 3.82. The molecule has 2 heterocycles. The Bertz CT molecular complexity index is 356. The summed E-state index contributed by atoms with van der Waals surface area (Å²) in [7, 11) is 0. The third-order valence-electron chi connectivity index (χ3n) is 2.21. The van der Waals surface area contributed by atoms with Gasteiger partial charge in [-0.05, 0) is 24.9 Å². The van der Waals surface area contributed by atoms with Crippen LogP contribution in [0.15, 0.2) is 0 Å². The van der Waals surface area contributed by atoms with E-state index in [-0.39, 0.29) is 11.3 Å². The molecule has 0 radical (unpaired) electrons. The summed E-state index contributed by atoms with van der Waals surface area (Å²) < 4.78 is 5.25. The van der Waals surface area contributed by atoms with E-state index in [1.165, 1.54) is 0 Å². The van der Waals surface area contributed by atoms with Gasteiger partial charge >= 0.3 is 0 Å². The molecule has 0 aliphatic carbocycles. The fourth-order valence-electron chi connectivity index (χ4n) is 1.48. The second kappa shape index (κ2) is 5.27. The highest BCUT2D eigenvalue weighted by Crippen LogP contribution is 2.13. The van der Waals surface area contributed by atoms with Crippen LogP contribution in [-0.2, 0) is 4.74 Å². The van der Waals surface area contributed by atoms with Gasteiger partial charge < -0.3 is 15.4 Å². The monoisotopic (exact) mass is 243 g/mol. The summed E-state index contributed by atoms with van der Waals surface area (Å²) in [5, 5.41) is 6.35. The first-order valence-electron chi connectivity index (χ1n) is 5.27. The van der Waals surface area contributed by atoms with Crippen LogP contribution in [0, 0.1) is 0 Å². The number of nitrogens with one attached hydrogen (secondary N) is 2. The van der Waals surface area contributed by atoms with E-state index >= 15 is 0 Å². The highest BCUT2D eigenvalue weighted by Gasteiger charge is 2.16. The van der Waals surface area contributed by atoms with Gasteiger partial charge in [-0.15, -0.1) is 0 Å². The molecule has 88 valence electrons. The van der Waals surface area contributed by atoms with Crippen molar-refractivity contribution in [2.75, 3.05) is 30.4 Å². The lowest BCUT2D eigenvalue weighted by Gasteiger charge is -2.11. The van der Waals surface area contributed by atoms with E-state index < -0.39 is 0 Å². The lowest BCUT2D eigenvalue weighted by molar-refractivity contribution is 0.195. The topological polar surface area (TPSA) is 72.0 Å². The van der Waals surface area contributed by atoms with Crippen LogP contribution in [0.2, 0.25) is 5.28 Å².